The molecule has 6 nitrogen and oxygen atoms in total. The molecule has 2 heterocycles. The number of benzene rings is 2. The Labute approximate surface area is 176 Å². The Morgan fingerprint density at radius 2 is 1.80 bits per heavy atom. The van der Waals surface area contributed by atoms with Gasteiger partial charge in [-0.25, -0.2) is 4.98 Å². The Hall–Kier alpha value is -3.15. The Balaban J connectivity index is 1.82. The first-order valence-corrected chi connectivity index (χ1v) is 10.5. The summed E-state index contributed by atoms with van der Waals surface area (Å²) < 4.78 is 7.39. The molecule has 156 valence electrons. The van der Waals surface area contributed by atoms with E-state index >= 15 is 0 Å². The average Bonchev–Trinajstić information content (AvgIpc) is 3.12. The van der Waals surface area contributed by atoms with E-state index in [9.17, 15) is 9.59 Å². The molecule has 2 aromatic carbocycles. The molecule has 0 spiro atoms. The number of hydrogen-bond donors (Lipinski definition) is 0. The number of carbonyl (C=O) groups is 2. The number of para-hydroxylation sites is 2. The van der Waals surface area contributed by atoms with Crippen molar-refractivity contribution in [3.63, 3.8) is 0 Å². The fourth-order valence-corrected chi connectivity index (χ4v) is 4.33. The number of carbonyl (C=O) groups excluding carboxylic acids is 2. The van der Waals surface area contributed by atoms with Gasteiger partial charge in [-0.2, -0.15) is 0 Å². The van der Waals surface area contributed by atoms with Gasteiger partial charge in [0, 0.05) is 6.54 Å². The van der Waals surface area contributed by atoms with E-state index in [-0.39, 0.29) is 24.5 Å². The zero-order valence-corrected chi connectivity index (χ0v) is 17.6. The van der Waals surface area contributed by atoms with Gasteiger partial charge >= 0.3 is 5.97 Å². The van der Waals surface area contributed by atoms with E-state index < -0.39 is 11.9 Å². The molecular weight excluding hydrogens is 378 g/mol. The van der Waals surface area contributed by atoms with E-state index in [2.05, 4.69) is 4.57 Å². The number of anilines is 1. The monoisotopic (exact) mass is 405 g/mol. The van der Waals surface area contributed by atoms with Crippen LogP contribution in [-0.2, 0) is 20.7 Å². The maximum absolute atomic E-state index is 13.6. The largest absolute Gasteiger partial charge is 0.465 e. The first kappa shape index (κ1) is 20.1. The number of aromatic nitrogens is 2. The molecule has 6 heteroatoms. The maximum atomic E-state index is 13.6. The highest BCUT2D eigenvalue weighted by Crippen LogP contribution is 2.41. The molecule has 0 unspecified atom stereocenters. The number of amides is 1. The third kappa shape index (κ3) is 3.47. The molecule has 1 aliphatic heterocycles. The zero-order chi connectivity index (χ0) is 21.3. The molecule has 4 rings (SSSR count). The van der Waals surface area contributed by atoms with Crippen molar-refractivity contribution < 1.29 is 14.3 Å². The van der Waals surface area contributed by atoms with Crippen molar-refractivity contribution in [2.75, 3.05) is 18.1 Å². The van der Waals surface area contributed by atoms with E-state index in [1.165, 1.54) is 0 Å². The molecular formula is C24H27N3O3. The molecule has 3 aromatic rings. The number of ether oxygens (including phenoxy) is 1. The minimum Gasteiger partial charge on any atom is -0.465 e. The highest BCUT2D eigenvalue weighted by atomic mass is 16.5. The SMILES string of the molecule is CCOC(=O)[C@@H]1C(=O)N(CCc2ccccc2)c2nc3ccccc3n2[C@H]1C(C)C. The quantitative estimate of drug-likeness (QED) is 0.459. The summed E-state index contributed by atoms with van der Waals surface area (Å²) in [6.45, 7) is 6.52. The van der Waals surface area contributed by atoms with Gasteiger partial charge in [0.1, 0.15) is 0 Å². The van der Waals surface area contributed by atoms with Gasteiger partial charge in [-0.15, -0.1) is 0 Å². The van der Waals surface area contributed by atoms with E-state index in [1.807, 2.05) is 68.4 Å². The number of rotatable bonds is 6. The second kappa shape index (κ2) is 8.30. The van der Waals surface area contributed by atoms with Crippen LogP contribution in [0.1, 0.15) is 32.4 Å². The molecule has 0 fully saturated rings. The summed E-state index contributed by atoms with van der Waals surface area (Å²) in [6, 6.07) is 17.5. The predicted octanol–water partition coefficient (Wildman–Crippen LogP) is 4.00. The van der Waals surface area contributed by atoms with Gasteiger partial charge in [0.2, 0.25) is 11.9 Å². The van der Waals surface area contributed by atoms with Crippen LogP contribution in [0.5, 0.6) is 0 Å². The van der Waals surface area contributed by atoms with Crippen molar-refractivity contribution >= 4 is 28.9 Å². The van der Waals surface area contributed by atoms with E-state index in [0.717, 1.165) is 16.6 Å². The second-order valence-electron chi connectivity index (χ2n) is 7.96. The number of hydrogen-bond acceptors (Lipinski definition) is 4. The van der Waals surface area contributed by atoms with Gasteiger partial charge < -0.3 is 9.30 Å². The molecule has 30 heavy (non-hydrogen) atoms. The van der Waals surface area contributed by atoms with Gasteiger partial charge in [-0.1, -0.05) is 56.3 Å². The van der Waals surface area contributed by atoms with Gasteiger partial charge in [0.15, 0.2) is 5.92 Å². The van der Waals surface area contributed by atoms with E-state index in [0.29, 0.717) is 18.9 Å². The van der Waals surface area contributed by atoms with Gasteiger partial charge in [-0.05, 0) is 37.0 Å². The lowest BCUT2D eigenvalue weighted by Gasteiger charge is -2.39. The van der Waals surface area contributed by atoms with Crippen LogP contribution in [0.3, 0.4) is 0 Å². The molecule has 1 amide bonds. The van der Waals surface area contributed by atoms with Crippen LogP contribution < -0.4 is 4.90 Å². The van der Waals surface area contributed by atoms with Crippen LogP contribution in [0.25, 0.3) is 11.0 Å². The standard InChI is InChI=1S/C24H27N3O3/c1-4-30-23(29)20-21(16(2)3)27-19-13-9-8-12-18(19)25-24(27)26(22(20)28)15-14-17-10-6-5-7-11-17/h5-13,16,20-21H,4,14-15H2,1-3H3/t20-,21-/m0/s1. The number of esters is 1. The summed E-state index contributed by atoms with van der Waals surface area (Å²) in [5, 5.41) is 0. The third-order valence-corrected chi connectivity index (χ3v) is 5.68. The van der Waals surface area contributed by atoms with Gasteiger partial charge in [-0.3, -0.25) is 14.5 Å². The first-order valence-electron chi connectivity index (χ1n) is 10.5. The van der Waals surface area contributed by atoms with Crippen molar-refractivity contribution in [2.24, 2.45) is 11.8 Å². The third-order valence-electron chi connectivity index (χ3n) is 5.68. The van der Waals surface area contributed by atoms with Gasteiger partial charge in [0.25, 0.3) is 0 Å². The number of nitrogens with zero attached hydrogens (tertiary/aromatic N) is 3. The van der Waals surface area contributed by atoms with Crippen molar-refractivity contribution in [1.29, 1.82) is 0 Å². The highest BCUT2D eigenvalue weighted by molar-refractivity contribution is 6.08. The Kier molecular flexibility index (Phi) is 5.57. The lowest BCUT2D eigenvalue weighted by atomic mass is 9.87. The van der Waals surface area contributed by atoms with Gasteiger partial charge in [0.05, 0.1) is 23.7 Å². The Morgan fingerprint density at radius 3 is 2.50 bits per heavy atom. The van der Waals surface area contributed by atoms with Crippen LogP contribution in [0.2, 0.25) is 0 Å². The first-order chi connectivity index (χ1) is 14.5. The minimum absolute atomic E-state index is 0.0518. The van der Waals surface area contributed by atoms with Crippen molar-refractivity contribution in [3.05, 3.63) is 60.2 Å². The summed E-state index contributed by atoms with van der Waals surface area (Å²) in [5.41, 5.74) is 2.88. The summed E-state index contributed by atoms with van der Waals surface area (Å²) >= 11 is 0. The van der Waals surface area contributed by atoms with Crippen LogP contribution in [0.4, 0.5) is 5.95 Å². The van der Waals surface area contributed by atoms with Crippen LogP contribution in [0, 0.1) is 11.8 Å². The summed E-state index contributed by atoms with van der Waals surface area (Å²) in [4.78, 5) is 32.9. The summed E-state index contributed by atoms with van der Waals surface area (Å²) in [7, 11) is 0. The lowest BCUT2D eigenvalue weighted by molar-refractivity contribution is -0.154. The summed E-state index contributed by atoms with van der Waals surface area (Å²) in [5.74, 6) is -0.918. The molecule has 0 saturated carbocycles. The van der Waals surface area contributed by atoms with Crippen LogP contribution >= 0.6 is 0 Å². The smallest absolute Gasteiger partial charge is 0.320 e. The van der Waals surface area contributed by atoms with Crippen LogP contribution in [-0.4, -0.2) is 34.6 Å². The topological polar surface area (TPSA) is 64.4 Å². The van der Waals surface area contributed by atoms with E-state index in [4.69, 9.17) is 9.72 Å². The van der Waals surface area contributed by atoms with Crippen molar-refractivity contribution in [2.45, 2.75) is 33.2 Å². The molecule has 2 atom stereocenters. The molecule has 1 aliphatic rings. The Bertz CT molecular complexity index is 1060. The fraction of sp³-hybridized carbons (Fsp3) is 0.375. The minimum atomic E-state index is -0.883. The molecule has 0 aliphatic carbocycles. The van der Waals surface area contributed by atoms with E-state index in [1.54, 1.807) is 11.8 Å². The molecule has 0 radical (unpaired) electrons. The molecule has 0 saturated heterocycles. The zero-order valence-electron chi connectivity index (χ0n) is 17.6. The molecule has 0 N–H and O–H groups in total. The van der Waals surface area contributed by atoms with Crippen LogP contribution in [0.15, 0.2) is 54.6 Å². The Morgan fingerprint density at radius 1 is 1.10 bits per heavy atom. The average molecular weight is 405 g/mol. The van der Waals surface area contributed by atoms with Crippen molar-refractivity contribution in [3.8, 4) is 0 Å². The normalized spacial score (nSPS) is 18.7. The lowest BCUT2D eigenvalue weighted by Crippen LogP contribution is -2.51. The second-order valence-corrected chi connectivity index (χ2v) is 7.96. The molecule has 1 aromatic heterocycles. The summed E-state index contributed by atoms with van der Waals surface area (Å²) in [6.07, 6.45) is 0.678. The highest BCUT2D eigenvalue weighted by Gasteiger charge is 2.48. The predicted molar refractivity (Wildman–Crippen MR) is 116 cm³/mol. The number of fused-ring (bicyclic) bond motifs is 3. The molecule has 0 bridgehead atoms. The number of imidazole rings is 1. The fourth-order valence-electron chi connectivity index (χ4n) is 4.33. The maximum Gasteiger partial charge on any atom is 0.320 e. The van der Waals surface area contributed by atoms with Crippen molar-refractivity contribution in [1.82, 2.24) is 9.55 Å².